The fraction of sp³-hybridized carbons (Fsp3) is 0.462. The van der Waals surface area contributed by atoms with Gasteiger partial charge in [0.25, 0.3) is 15.0 Å². The molecule has 1 aromatic rings. The van der Waals surface area contributed by atoms with Crippen LogP contribution in [0.1, 0.15) is 30.6 Å². The molecule has 0 bridgehead atoms. The van der Waals surface area contributed by atoms with E-state index in [0.29, 0.717) is 12.5 Å². The van der Waals surface area contributed by atoms with Crippen molar-refractivity contribution in [3.63, 3.8) is 0 Å². The number of amides is 1. The number of likely N-dealkylation sites (tertiary alicyclic amines) is 1. The molecule has 20 heavy (non-hydrogen) atoms. The molecule has 0 spiro atoms. The van der Waals surface area contributed by atoms with Gasteiger partial charge in [-0.05, 0) is 37.5 Å². The third-order valence-electron chi connectivity index (χ3n) is 3.44. The van der Waals surface area contributed by atoms with Crippen LogP contribution in [0, 0.1) is 5.92 Å². The molecule has 4 nitrogen and oxygen atoms in total. The van der Waals surface area contributed by atoms with E-state index in [1.54, 1.807) is 4.90 Å². The Labute approximate surface area is 128 Å². The number of hydrogen-bond acceptors (Lipinski definition) is 3. The molecule has 110 valence electrons. The van der Waals surface area contributed by atoms with Crippen LogP contribution in [0.2, 0.25) is 5.02 Å². The number of hydrogen-bond donors (Lipinski definition) is 0. The number of nitrogens with zero attached hydrogens (tertiary/aromatic N) is 1. The van der Waals surface area contributed by atoms with Crippen LogP contribution in [-0.2, 0) is 9.05 Å². The Kier molecular flexibility index (Phi) is 4.33. The summed E-state index contributed by atoms with van der Waals surface area (Å²) in [5, 5.41) is 0.176. The molecule has 1 heterocycles. The molecule has 0 saturated carbocycles. The zero-order valence-corrected chi connectivity index (χ0v) is 13.5. The molecule has 1 fully saturated rings. The van der Waals surface area contributed by atoms with Crippen LogP contribution in [0.4, 0.5) is 0 Å². The van der Waals surface area contributed by atoms with E-state index in [4.69, 9.17) is 22.3 Å². The fourth-order valence-electron chi connectivity index (χ4n) is 2.58. The summed E-state index contributed by atoms with van der Waals surface area (Å²) in [5.74, 6) is 0.218. The third kappa shape index (κ3) is 3.27. The second kappa shape index (κ2) is 5.54. The van der Waals surface area contributed by atoms with Crippen LogP contribution in [0.3, 0.4) is 0 Å². The van der Waals surface area contributed by atoms with Crippen molar-refractivity contribution < 1.29 is 13.2 Å². The number of carbonyl (C=O) groups excluding carboxylic acids is 1. The molecule has 1 aliphatic heterocycles. The molecule has 1 aliphatic rings. The van der Waals surface area contributed by atoms with Gasteiger partial charge in [-0.1, -0.05) is 18.5 Å². The maximum atomic E-state index is 12.5. The van der Waals surface area contributed by atoms with Crippen molar-refractivity contribution in [1.29, 1.82) is 0 Å². The molecule has 7 heteroatoms. The number of benzene rings is 1. The quantitative estimate of drug-likeness (QED) is 0.780. The van der Waals surface area contributed by atoms with Gasteiger partial charge in [0.05, 0.1) is 4.90 Å². The molecule has 0 N–H and O–H groups in total. The lowest BCUT2D eigenvalue weighted by Crippen LogP contribution is -2.34. The molecule has 0 aromatic heterocycles. The van der Waals surface area contributed by atoms with Gasteiger partial charge in [0.15, 0.2) is 0 Å². The summed E-state index contributed by atoms with van der Waals surface area (Å²) in [6.45, 7) is 4.72. The average molecular weight is 336 g/mol. The molecule has 2 atom stereocenters. The molecular weight excluding hydrogens is 321 g/mol. The van der Waals surface area contributed by atoms with E-state index in [1.807, 2.05) is 6.92 Å². The number of carbonyl (C=O) groups is 1. The SMILES string of the molecule is CC1CC(C)N(C(=O)c2cc(Cl)cc(S(=O)(=O)Cl)c2)C1. The molecule has 1 saturated heterocycles. The third-order valence-corrected chi connectivity index (χ3v) is 5.00. The summed E-state index contributed by atoms with van der Waals surface area (Å²) in [6.07, 6.45) is 0.937. The highest BCUT2D eigenvalue weighted by Gasteiger charge is 2.31. The van der Waals surface area contributed by atoms with Crippen LogP contribution >= 0.6 is 22.3 Å². The predicted molar refractivity (Wildman–Crippen MR) is 78.8 cm³/mol. The van der Waals surface area contributed by atoms with E-state index >= 15 is 0 Å². The Hall–Kier alpha value is -0.780. The van der Waals surface area contributed by atoms with Gasteiger partial charge in [-0.15, -0.1) is 0 Å². The zero-order valence-electron chi connectivity index (χ0n) is 11.1. The standard InChI is InChI=1S/C13H15Cl2NO3S/c1-8-3-9(2)16(7-8)13(17)10-4-11(14)6-12(5-10)20(15,18)19/h4-6,8-9H,3,7H2,1-2H3. The van der Waals surface area contributed by atoms with Crippen molar-refractivity contribution in [1.82, 2.24) is 4.90 Å². The normalized spacial score (nSPS) is 23.1. The molecule has 0 aliphatic carbocycles. The summed E-state index contributed by atoms with van der Waals surface area (Å²) in [6, 6.07) is 4.10. The summed E-state index contributed by atoms with van der Waals surface area (Å²) >= 11 is 5.88. The van der Waals surface area contributed by atoms with Crippen molar-refractivity contribution >= 4 is 37.2 Å². The van der Waals surface area contributed by atoms with Crippen molar-refractivity contribution in [2.75, 3.05) is 6.54 Å². The predicted octanol–water partition coefficient (Wildman–Crippen LogP) is 3.14. The lowest BCUT2D eigenvalue weighted by molar-refractivity contribution is 0.0743. The summed E-state index contributed by atoms with van der Waals surface area (Å²) < 4.78 is 22.8. The fourth-order valence-corrected chi connectivity index (χ4v) is 3.68. The van der Waals surface area contributed by atoms with Gasteiger partial charge in [0, 0.05) is 33.9 Å². The van der Waals surface area contributed by atoms with Gasteiger partial charge >= 0.3 is 0 Å². The Morgan fingerprint density at radius 1 is 1.30 bits per heavy atom. The van der Waals surface area contributed by atoms with Gasteiger partial charge in [0.2, 0.25) is 0 Å². The highest BCUT2D eigenvalue weighted by Crippen LogP contribution is 2.27. The highest BCUT2D eigenvalue weighted by molar-refractivity contribution is 8.13. The minimum absolute atomic E-state index is 0.132. The molecule has 2 rings (SSSR count). The largest absolute Gasteiger partial charge is 0.336 e. The van der Waals surface area contributed by atoms with Gasteiger partial charge in [-0.3, -0.25) is 4.79 Å². The van der Waals surface area contributed by atoms with E-state index < -0.39 is 9.05 Å². The van der Waals surface area contributed by atoms with Crippen molar-refractivity contribution in [3.8, 4) is 0 Å². The van der Waals surface area contributed by atoms with Gasteiger partial charge in [-0.2, -0.15) is 0 Å². The topological polar surface area (TPSA) is 54.5 Å². The Bertz CT molecular complexity index is 645. The van der Waals surface area contributed by atoms with Crippen LogP contribution in [-0.4, -0.2) is 31.8 Å². The van der Waals surface area contributed by atoms with Crippen molar-refractivity contribution in [3.05, 3.63) is 28.8 Å². The van der Waals surface area contributed by atoms with E-state index in [1.165, 1.54) is 18.2 Å². The maximum absolute atomic E-state index is 12.5. The van der Waals surface area contributed by atoms with E-state index in [-0.39, 0.29) is 27.4 Å². The van der Waals surface area contributed by atoms with Crippen molar-refractivity contribution in [2.24, 2.45) is 5.92 Å². The first kappa shape index (κ1) is 15.6. The van der Waals surface area contributed by atoms with Gasteiger partial charge < -0.3 is 4.90 Å². The summed E-state index contributed by atoms with van der Waals surface area (Å²) in [4.78, 5) is 14.0. The lowest BCUT2D eigenvalue weighted by atomic mass is 10.1. The van der Waals surface area contributed by atoms with Crippen LogP contribution in [0.25, 0.3) is 0 Å². The molecule has 1 amide bonds. The summed E-state index contributed by atoms with van der Waals surface area (Å²) in [7, 11) is 1.40. The average Bonchev–Trinajstić information content (AvgIpc) is 2.65. The highest BCUT2D eigenvalue weighted by atomic mass is 35.7. The molecule has 2 unspecified atom stereocenters. The Balaban J connectivity index is 2.38. The first-order valence-electron chi connectivity index (χ1n) is 6.24. The van der Waals surface area contributed by atoms with Crippen LogP contribution in [0.15, 0.2) is 23.1 Å². The van der Waals surface area contributed by atoms with E-state index in [9.17, 15) is 13.2 Å². The van der Waals surface area contributed by atoms with Crippen molar-refractivity contribution in [2.45, 2.75) is 31.2 Å². The van der Waals surface area contributed by atoms with Gasteiger partial charge in [0.1, 0.15) is 0 Å². The smallest absolute Gasteiger partial charge is 0.261 e. The lowest BCUT2D eigenvalue weighted by Gasteiger charge is -2.21. The first-order chi connectivity index (χ1) is 9.18. The van der Waals surface area contributed by atoms with Crippen LogP contribution < -0.4 is 0 Å². The second-order valence-corrected chi connectivity index (χ2v) is 8.26. The monoisotopic (exact) mass is 335 g/mol. The Morgan fingerprint density at radius 2 is 1.95 bits per heavy atom. The minimum atomic E-state index is -3.91. The molecular formula is C13H15Cl2NO3S. The minimum Gasteiger partial charge on any atom is -0.336 e. The molecule has 0 radical (unpaired) electrons. The maximum Gasteiger partial charge on any atom is 0.261 e. The number of rotatable bonds is 2. The van der Waals surface area contributed by atoms with E-state index in [0.717, 1.165) is 6.42 Å². The number of halogens is 2. The molecule has 1 aromatic carbocycles. The second-order valence-electron chi connectivity index (χ2n) is 5.26. The van der Waals surface area contributed by atoms with Gasteiger partial charge in [-0.25, -0.2) is 8.42 Å². The van der Waals surface area contributed by atoms with E-state index in [2.05, 4.69) is 6.92 Å². The first-order valence-corrected chi connectivity index (χ1v) is 8.93. The zero-order chi connectivity index (χ0) is 15.1. The van der Waals surface area contributed by atoms with Crippen LogP contribution in [0.5, 0.6) is 0 Å². The summed E-state index contributed by atoms with van der Waals surface area (Å²) in [5.41, 5.74) is 0.248. The Morgan fingerprint density at radius 3 is 2.45 bits per heavy atom.